The molecule has 0 aliphatic carbocycles. The van der Waals surface area contributed by atoms with Crippen molar-refractivity contribution in [3.63, 3.8) is 0 Å². The second-order valence-corrected chi connectivity index (χ2v) is 39.0. The van der Waals surface area contributed by atoms with E-state index in [0.717, 1.165) is 64.6 Å². The molecule has 7 aliphatic heterocycles. The Bertz CT molecular complexity index is 6470. The van der Waals surface area contributed by atoms with E-state index in [0.29, 0.717) is 0 Å². The van der Waals surface area contributed by atoms with Crippen LogP contribution in [-0.2, 0) is 123 Å². The van der Waals surface area contributed by atoms with E-state index in [-0.39, 0.29) is 51.9 Å². The third-order valence-corrected chi connectivity index (χ3v) is 27.3. The van der Waals surface area contributed by atoms with Crippen molar-refractivity contribution in [2.24, 2.45) is 0 Å². The number of nitrogens with one attached hydrogen (secondary N) is 6. The molecule has 0 amide bonds. The van der Waals surface area contributed by atoms with Crippen molar-refractivity contribution in [1.29, 1.82) is 0 Å². The Kier molecular flexibility index (Phi) is 28.5. The van der Waals surface area contributed by atoms with Crippen LogP contribution in [0.25, 0.3) is 0 Å². The van der Waals surface area contributed by atoms with E-state index in [1.165, 1.54) is 52.4 Å². The zero-order chi connectivity index (χ0) is 92.3. The zero-order valence-corrected chi connectivity index (χ0v) is 73.0. The third kappa shape index (κ3) is 22.9. The van der Waals surface area contributed by atoms with Crippen LogP contribution in [0.3, 0.4) is 0 Å². The van der Waals surface area contributed by atoms with Crippen molar-refractivity contribution in [3.8, 4) is 0 Å². The van der Waals surface area contributed by atoms with E-state index >= 15 is 0 Å². The van der Waals surface area contributed by atoms with Crippen LogP contribution in [-0.4, -0.2) is 215 Å². The molecule has 14 rings (SSSR count). The Morgan fingerprint density at radius 2 is 0.500 bits per heavy atom. The summed E-state index contributed by atoms with van der Waals surface area (Å²) in [5.41, 5.74) is -11.5. The lowest BCUT2D eigenvalue weighted by molar-refractivity contribution is -0.0654. The molecular formula is C65H85N15O42P6. The molecule has 7 aromatic heterocycles. The molecule has 24 atom stereocenters. The van der Waals surface area contributed by atoms with Gasteiger partial charge in [0.25, 0.3) is 33.4 Å². The van der Waals surface area contributed by atoms with Gasteiger partial charge in [0.15, 0.2) is 0 Å². The monoisotopic (exact) mass is 1930 g/mol. The van der Waals surface area contributed by atoms with Crippen molar-refractivity contribution in [3.05, 3.63) is 207 Å². The maximum atomic E-state index is 14.5. The van der Waals surface area contributed by atoms with Gasteiger partial charge in [0.2, 0.25) is 0 Å². The molecule has 2 bridgehead atoms. The molecule has 12 N–H and O–H groups in total. The third-order valence-electron chi connectivity index (χ3n) is 21.2. The van der Waals surface area contributed by atoms with Gasteiger partial charge in [0.1, 0.15) is 111 Å². The standard InChI is InChI=1S/C65H85N15O42P6/c1-29-16-75(60(87)66-54(29)81)48-10-36-42(111-48)23-74-22-35(72-73-74)8-7-9-105-123(93,94)118-37-11-49(76-17-30(2)55(82)67-61(76)88)112-43(37)24-107-125(97,98)120-39-13-51(78-19-32(4)57(84)69-63(78)90)114-45(39)26-109-127(101,102)122-41-15-53(80-21-34(6)59(86)71-65(80)92)116-47(41)28-110-128(103,104)121-40-14-52(79-20-33(5)58(85)70-64(79)91)115-46(40)27-108-126(99,100)119-38-12-50(77-18-31(3)56(83)68-62(77)89)113-44(38)25-106-124(95,96)117-36/h16-22,36-53H,7-15,23-28H2,1-6H3,(H,93,94)(H,95,96)(H,97,98)(H,99,100)(H,101,102)(H,103,104)(H,66,81,87)(H,67,82,88)(H,68,83,89)(H,69,84,90)(H,70,85,91)(H,71,86,92)/t36-,37-,38-,39-,40-,41-,42+,43+,44+,45+,46+,47+,48+,49+,50+,51+,52+,53+/m0/s1. The summed E-state index contributed by atoms with van der Waals surface area (Å²) in [5, 5.41) is 8.22. The number of fused-ring (bicyclic) bond motifs is 8. The van der Waals surface area contributed by atoms with Crippen LogP contribution in [0, 0.1) is 41.5 Å². The predicted octanol–water partition coefficient (Wildman–Crippen LogP) is -1.89. The molecule has 6 unspecified atom stereocenters. The van der Waals surface area contributed by atoms with E-state index in [1.807, 2.05) is 4.98 Å². The van der Waals surface area contributed by atoms with Gasteiger partial charge in [-0.1, -0.05) is 5.21 Å². The normalized spacial score (nSPS) is 35.5. The number of hydrogen-bond donors (Lipinski definition) is 12. The van der Waals surface area contributed by atoms with Crippen molar-refractivity contribution in [2.45, 2.75) is 210 Å². The van der Waals surface area contributed by atoms with Crippen LogP contribution in [0.2, 0.25) is 0 Å². The molecule has 7 aliphatic rings. The number of aromatic amines is 6. The molecule has 6 saturated heterocycles. The smallest absolute Gasteiger partial charge is 0.350 e. The van der Waals surface area contributed by atoms with Crippen molar-refractivity contribution in [1.82, 2.24) is 72.3 Å². The number of phosphoric acid groups is 6. The van der Waals surface area contributed by atoms with Crippen LogP contribution >= 0.6 is 46.9 Å². The Labute approximate surface area is 713 Å². The number of rotatable bonds is 6. The lowest BCUT2D eigenvalue weighted by Crippen LogP contribution is -2.33. The Morgan fingerprint density at radius 1 is 0.297 bits per heavy atom. The highest BCUT2D eigenvalue weighted by Crippen LogP contribution is 2.57. The maximum absolute atomic E-state index is 14.5. The highest BCUT2D eigenvalue weighted by molar-refractivity contribution is 7.48. The number of phosphoric ester groups is 6. The van der Waals surface area contributed by atoms with Gasteiger partial charge in [-0.2, -0.15) is 0 Å². The SMILES string of the molecule is Cc1cn([C@H]2C[C@@H]3OP(=O)(O)OCCCc4cn(nn4)C[C@H]4O[C@@H](n5cc(C)c(=O)[nH]c5=O)C[C@@H]4OP(=O)(O)OC[C@H]4O[C@@H](n5cc(C)c(=O)[nH]c5=O)C[C@@H]4OP(=O)(O)OC[C@H]4O[C@@H](n5cc(C)c(=O)[nH]c5=O)C[C@@H]4OP(=O)(O)OC[C@H]4O[C@@H](n5cc(C)c(=O)[nH]c5=O)C[C@@H]4OP(=O)(O)OC[C@H]4O[C@@H](n5cc(C)c(=O)[nH]c5=O)C[C@@H]4OP(=O)(O)OC[C@H]3O2)c(=O)[nH]c1=O. The Balaban J connectivity index is 0.773. The molecule has 63 heteroatoms. The summed E-state index contributed by atoms with van der Waals surface area (Å²) in [4.78, 5) is 237. The summed E-state index contributed by atoms with van der Waals surface area (Å²) in [6, 6.07) is 0. The second-order valence-electron chi connectivity index (χ2n) is 30.6. The molecule has 0 spiro atoms. The minimum Gasteiger partial charge on any atom is -0.350 e. The molecule has 6 fully saturated rings. The number of hydrogen-bond acceptors (Lipinski definition) is 38. The van der Waals surface area contributed by atoms with Crippen molar-refractivity contribution >= 4 is 46.9 Å². The van der Waals surface area contributed by atoms with Gasteiger partial charge in [-0.3, -0.25) is 140 Å². The maximum Gasteiger partial charge on any atom is 0.472 e. The van der Waals surface area contributed by atoms with Crippen molar-refractivity contribution < 1.29 is 139 Å². The first-order valence-electron chi connectivity index (χ1n) is 38.8. The lowest BCUT2D eigenvalue weighted by Gasteiger charge is -2.26. The quantitative estimate of drug-likeness (QED) is 0.0810. The summed E-state index contributed by atoms with van der Waals surface area (Å²) < 4.78 is 195. The predicted molar refractivity (Wildman–Crippen MR) is 420 cm³/mol. The fourth-order valence-corrected chi connectivity index (χ4v) is 20.6. The van der Waals surface area contributed by atoms with Gasteiger partial charge < -0.3 is 57.8 Å². The van der Waals surface area contributed by atoms with E-state index < -0.39 is 310 Å². The summed E-state index contributed by atoms with van der Waals surface area (Å²) in [6.07, 6.45) is -26.7. The van der Waals surface area contributed by atoms with E-state index in [9.17, 15) is 114 Å². The van der Waals surface area contributed by atoms with Gasteiger partial charge in [0.05, 0.1) is 51.9 Å². The van der Waals surface area contributed by atoms with Gasteiger partial charge >= 0.3 is 81.1 Å². The molecule has 57 nitrogen and oxygen atoms in total. The van der Waals surface area contributed by atoms with Crippen LogP contribution in [0.1, 0.15) is 121 Å². The van der Waals surface area contributed by atoms with Crippen LogP contribution in [0.15, 0.2) is 101 Å². The zero-order valence-electron chi connectivity index (χ0n) is 67.6. The molecule has 702 valence electrons. The highest BCUT2D eigenvalue weighted by atomic mass is 31.2. The summed E-state index contributed by atoms with van der Waals surface area (Å²) >= 11 is 0. The number of aromatic nitrogens is 15. The first-order chi connectivity index (χ1) is 60.1. The van der Waals surface area contributed by atoms with Crippen LogP contribution in [0.5, 0.6) is 0 Å². The fraction of sp³-hybridized carbons (Fsp3) is 0.600. The number of aryl methyl sites for hydroxylation is 7. The number of nitrogens with zero attached hydrogens (tertiary/aromatic N) is 9. The molecule has 0 aromatic carbocycles. The summed E-state index contributed by atoms with van der Waals surface area (Å²) in [5.74, 6) is 0. The largest absolute Gasteiger partial charge is 0.472 e. The minimum absolute atomic E-state index is 0.0228. The topological polar surface area (TPSA) is 750 Å². The summed E-state index contributed by atoms with van der Waals surface area (Å²) in [6.45, 7) is 0.976. The molecule has 128 heavy (non-hydrogen) atoms. The van der Waals surface area contributed by atoms with Gasteiger partial charge in [0, 0.05) is 115 Å². The first-order valence-corrected chi connectivity index (χ1v) is 47.7. The van der Waals surface area contributed by atoms with E-state index in [4.69, 9.17) is 82.7 Å². The van der Waals surface area contributed by atoms with Gasteiger partial charge in [-0.15, -0.1) is 5.10 Å². The number of H-pyrrole nitrogens is 6. The van der Waals surface area contributed by atoms with E-state index in [2.05, 4.69) is 35.2 Å². The molecule has 0 saturated carbocycles. The van der Waals surface area contributed by atoms with Gasteiger partial charge in [-0.05, 0) is 54.4 Å². The van der Waals surface area contributed by atoms with Crippen LogP contribution < -0.4 is 67.5 Å². The van der Waals surface area contributed by atoms with Gasteiger partial charge in [-0.25, -0.2) is 60.8 Å². The molecule has 0 radical (unpaired) electrons. The first kappa shape index (κ1) is 95.7. The van der Waals surface area contributed by atoms with Crippen LogP contribution in [0.4, 0.5) is 0 Å². The molecular weight excluding hydrogens is 1850 g/mol. The average Bonchev–Trinajstić information content (AvgIpc) is 1.66. The van der Waals surface area contributed by atoms with E-state index in [1.54, 1.807) is 0 Å². The molecule has 7 aromatic rings. The number of ether oxygens (including phenoxy) is 6. The minimum atomic E-state index is -5.75. The lowest BCUT2D eigenvalue weighted by atomic mass is 10.2. The summed E-state index contributed by atoms with van der Waals surface area (Å²) in [7, 11) is -33.6. The fourth-order valence-electron chi connectivity index (χ4n) is 14.8. The average molecular weight is 1930 g/mol. The highest BCUT2D eigenvalue weighted by Gasteiger charge is 2.52. The van der Waals surface area contributed by atoms with Crippen molar-refractivity contribution in [2.75, 3.05) is 39.6 Å². The Hall–Kier alpha value is -8.36. The Morgan fingerprint density at radius 3 is 0.727 bits per heavy atom. The second kappa shape index (κ2) is 38.1. The molecule has 14 heterocycles.